The Kier molecular flexibility index (Phi) is 5.08. The van der Waals surface area contributed by atoms with Gasteiger partial charge in [0.25, 0.3) is 0 Å². The van der Waals surface area contributed by atoms with Crippen LogP contribution in [-0.2, 0) is 4.74 Å². The molecule has 2 bridgehead atoms. The van der Waals surface area contributed by atoms with Crippen LogP contribution in [0.25, 0.3) is 0 Å². The number of allylic oxidation sites excluding steroid dienone is 2. The van der Waals surface area contributed by atoms with E-state index < -0.39 is 16.1 Å². The lowest BCUT2D eigenvalue weighted by Crippen LogP contribution is -2.38. The zero-order valence-corrected chi connectivity index (χ0v) is 18.4. The summed E-state index contributed by atoms with van der Waals surface area (Å²) in [4.78, 5) is 1.97. The standard InChI is InChI=1S/C19H35NOSi2/c1-14(20(2)3)21-17-12-10-11-15-13-16(17)19(23(7,8)9)18(15)22(4,5)6/h10,12,15-17H,1,11,13H2,2-9H3/t15-,16-,17-/m0/s1. The summed E-state index contributed by atoms with van der Waals surface area (Å²) in [6.45, 7) is 19.2. The molecule has 0 aromatic rings. The van der Waals surface area contributed by atoms with E-state index in [-0.39, 0.29) is 6.10 Å². The molecule has 0 spiro atoms. The number of hydrogen-bond donors (Lipinski definition) is 0. The Balaban J connectivity index is 2.46. The number of ether oxygens (including phenoxy) is 1. The van der Waals surface area contributed by atoms with Crippen molar-refractivity contribution in [3.05, 3.63) is 35.0 Å². The number of rotatable bonds is 5. The Bertz CT molecular complexity index is 535. The normalized spacial score (nSPS) is 27.9. The van der Waals surface area contributed by atoms with E-state index in [2.05, 4.69) is 58.0 Å². The molecule has 0 saturated heterocycles. The molecule has 130 valence electrons. The van der Waals surface area contributed by atoms with Gasteiger partial charge in [-0.1, -0.05) is 55.8 Å². The first-order valence-electron chi connectivity index (χ1n) is 8.87. The first-order chi connectivity index (χ1) is 10.4. The van der Waals surface area contributed by atoms with Gasteiger partial charge >= 0.3 is 0 Å². The second-order valence-corrected chi connectivity index (χ2v) is 19.5. The van der Waals surface area contributed by atoms with Gasteiger partial charge in [-0.15, -0.1) is 0 Å². The molecule has 0 unspecified atom stereocenters. The van der Waals surface area contributed by atoms with Crippen molar-refractivity contribution < 1.29 is 4.74 Å². The van der Waals surface area contributed by atoms with E-state index in [1.54, 1.807) is 0 Å². The van der Waals surface area contributed by atoms with E-state index in [4.69, 9.17) is 4.74 Å². The summed E-state index contributed by atoms with van der Waals surface area (Å²) in [5.74, 6) is 2.09. The lowest BCUT2D eigenvalue weighted by atomic mass is 9.99. The highest BCUT2D eigenvalue weighted by molar-refractivity contribution is 6.89. The van der Waals surface area contributed by atoms with Gasteiger partial charge in [0.2, 0.25) is 0 Å². The molecule has 3 atom stereocenters. The van der Waals surface area contributed by atoms with Crippen molar-refractivity contribution in [1.82, 2.24) is 4.90 Å². The third-order valence-electron chi connectivity index (χ3n) is 5.14. The Morgan fingerprint density at radius 2 is 1.65 bits per heavy atom. The maximum atomic E-state index is 6.30. The molecule has 4 heteroatoms. The van der Waals surface area contributed by atoms with Crippen molar-refractivity contribution in [3.63, 3.8) is 0 Å². The van der Waals surface area contributed by atoms with Crippen molar-refractivity contribution in [2.45, 2.75) is 58.2 Å². The molecule has 2 nitrogen and oxygen atoms in total. The smallest absolute Gasteiger partial charge is 0.182 e. The lowest BCUT2D eigenvalue weighted by molar-refractivity contribution is 0.0708. The fourth-order valence-electron chi connectivity index (χ4n) is 4.35. The molecule has 0 aliphatic heterocycles. The fourth-order valence-corrected chi connectivity index (χ4v) is 11.5. The van der Waals surface area contributed by atoms with Crippen LogP contribution in [0.4, 0.5) is 0 Å². The molecule has 0 radical (unpaired) electrons. The molecule has 2 rings (SSSR count). The number of fused-ring (bicyclic) bond motifs is 2. The SMILES string of the molecule is C=C(O[C@H]1C=CC[C@H]2C[C@@H]1C([Si](C)(C)C)=C2[Si](C)(C)C)N(C)C. The zero-order chi connectivity index (χ0) is 17.6. The second-order valence-electron chi connectivity index (χ2n) is 9.40. The molecule has 2 aliphatic carbocycles. The van der Waals surface area contributed by atoms with Crippen LogP contribution >= 0.6 is 0 Å². The van der Waals surface area contributed by atoms with Gasteiger partial charge in [-0.2, -0.15) is 0 Å². The molecule has 0 saturated carbocycles. The first kappa shape index (κ1) is 18.6. The summed E-state index contributed by atoms with van der Waals surface area (Å²) in [6.07, 6.45) is 7.29. The van der Waals surface area contributed by atoms with E-state index in [1.807, 2.05) is 29.4 Å². The highest BCUT2D eigenvalue weighted by Crippen LogP contribution is 2.50. The molecule has 0 aromatic heterocycles. The number of hydrogen-bond acceptors (Lipinski definition) is 2. The van der Waals surface area contributed by atoms with Gasteiger partial charge in [-0.3, -0.25) is 0 Å². The maximum absolute atomic E-state index is 6.30. The topological polar surface area (TPSA) is 12.5 Å². The maximum Gasteiger partial charge on any atom is 0.182 e. The van der Waals surface area contributed by atoms with Crippen LogP contribution in [-0.4, -0.2) is 41.2 Å². The van der Waals surface area contributed by atoms with Crippen molar-refractivity contribution >= 4 is 16.1 Å². The van der Waals surface area contributed by atoms with E-state index in [9.17, 15) is 0 Å². The van der Waals surface area contributed by atoms with E-state index in [0.717, 1.165) is 11.8 Å². The minimum atomic E-state index is -1.37. The van der Waals surface area contributed by atoms with E-state index in [1.165, 1.54) is 12.8 Å². The first-order valence-corrected chi connectivity index (χ1v) is 15.9. The van der Waals surface area contributed by atoms with Crippen LogP contribution in [0.2, 0.25) is 39.3 Å². The molecule has 0 heterocycles. The largest absolute Gasteiger partial charge is 0.472 e. The Hall–Kier alpha value is -0.746. The van der Waals surface area contributed by atoms with Crippen LogP contribution in [0, 0.1) is 11.8 Å². The van der Waals surface area contributed by atoms with Gasteiger partial charge in [0.1, 0.15) is 6.10 Å². The van der Waals surface area contributed by atoms with Crippen molar-refractivity contribution in [1.29, 1.82) is 0 Å². The molecule has 0 N–H and O–H groups in total. The predicted molar refractivity (Wildman–Crippen MR) is 107 cm³/mol. The number of nitrogens with zero attached hydrogens (tertiary/aromatic N) is 1. The molecule has 2 aliphatic rings. The molecular formula is C19H35NOSi2. The average Bonchev–Trinajstić information content (AvgIpc) is 2.64. The third kappa shape index (κ3) is 3.85. The van der Waals surface area contributed by atoms with Crippen LogP contribution < -0.4 is 0 Å². The Morgan fingerprint density at radius 3 is 2.13 bits per heavy atom. The van der Waals surface area contributed by atoms with Crippen molar-refractivity contribution in [2.24, 2.45) is 11.8 Å². The second kappa shape index (κ2) is 6.28. The van der Waals surface area contributed by atoms with Gasteiger partial charge in [-0.25, -0.2) is 0 Å². The summed E-state index contributed by atoms with van der Waals surface area (Å²) < 4.78 is 6.30. The van der Waals surface area contributed by atoms with Crippen molar-refractivity contribution in [3.8, 4) is 0 Å². The van der Waals surface area contributed by atoms with E-state index in [0.29, 0.717) is 5.92 Å². The van der Waals surface area contributed by atoms with Crippen LogP contribution in [0.1, 0.15) is 12.8 Å². The molecule has 0 fully saturated rings. The van der Waals surface area contributed by atoms with Gasteiger partial charge in [-0.05, 0) is 31.4 Å². The Morgan fingerprint density at radius 1 is 1.09 bits per heavy atom. The minimum absolute atomic E-state index is 0.158. The summed E-state index contributed by atoms with van der Waals surface area (Å²) in [7, 11) is 1.33. The molecule has 0 aromatic carbocycles. The van der Waals surface area contributed by atoms with Gasteiger partial charge in [0.15, 0.2) is 5.88 Å². The monoisotopic (exact) mass is 349 g/mol. The summed E-state index contributed by atoms with van der Waals surface area (Å²) in [6, 6.07) is 0. The summed E-state index contributed by atoms with van der Waals surface area (Å²) in [5.41, 5.74) is 0. The summed E-state index contributed by atoms with van der Waals surface area (Å²) >= 11 is 0. The van der Waals surface area contributed by atoms with Gasteiger partial charge in [0, 0.05) is 20.0 Å². The van der Waals surface area contributed by atoms with Crippen molar-refractivity contribution in [2.75, 3.05) is 14.1 Å². The quantitative estimate of drug-likeness (QED) is 0.391. The van der Waals surface area contributed by atoms with Gasteiger partial charge < -0.3 is 9.64 Å². The van der Waals surface area contributed by atoms with Crippen LogP contribution in [0.3, 0.4) is 0 Å². The highest BCUT2D eigenvalue weighted by atomic mass is 28.3. The fraction of sp³-hybridized carbons (Fsp3) is 0.684. The molecule has 0 amide bonds. The molecule has 23 heavy (non-hydrogen) atoms. The van der Waals surface area contributed by atoms with Crippen LogP contribution in [0.15, 0.2) is 35.0 Å². The van der Waals surface area contributed by atoms with Gasteiger partial charge in [0.05, 0.1) is 16.1 Å². The molecular weight excluding hydrogens is 314 g/mol. The average molecular weight is 350 g/mol. The lowest BCUT2D eigenvalue weighted by Gasteiger charge is -2.35. The third-order valence-corrected chi connectivity index (χ3v) is 9.94. The Labute approximate surface area is 145 Å². The zero-order valence-electron chi connectivity index (χ0n) is 16.4. The minimum Gasteiger partial charge on any atom is -0.472 e. The van der Waals surface area contributed by atoms with Crippen LogP contribution in [0.5, 0.6) is 0 Å². The summed E-state index contributed by atoms with van der Waals surface area (Å²) in [5, 5.41) is 3.69. The predicted octanol–water partition coefficient (Wildman–Crippen LogP) is 5.05. The highest BCUT2D eigenvalue weighted by Gasteiger charge is 2.47. The van der Waals surface area contributed by atoms with E-state index >= 15 is 0 Å².